The van der Waals surface area contributed by atoms with Gasteiger partial charge in [-0.2, -0.15) is 0 Å². The van der Waals surface area contributed by atoms with E-state index >= 15 is 0 Å². The monoisotopic (exact) mass is 223 g/mol. The molecular formula is C10H10ClN3O. The van der Waals surface area contributed by atoms with E-state index in [-0.39, 0.29) is 6.61 Å². The third-order valence-electron chi connectivity index (χ3n) is 2.21. The molecule has 1 N–H and O–H groups in total. The molecule has 0 bridgehead atoms. The summed E-state index contributed by atoms with van der Waals surface area (Å²) in [5, 5.41) is 17.5. The summed E-state index contributed by atoms with van der Waals surface area (Å²) >= 11 is 5.79. The van der Waals surface area contributed by atoms with E-state index in [1.807, 2.05) is 19.2 Å². The molecule has 0 atom stereocenters. The highest BCUT2D eigenvalue weighted by molar-refractivity contribution is 6.30. The van der Waals surface area contributed by atoms with Crippen LogP contribution >= 0.6 is 11.6 Å². The predicted octanol–water partition coefficient (Wildman–Crippen LogP) is 1.63. The molecule has 0 amide bonds. The topological polar surface area (TPSA) is 50.9 Å². The van der Waals surface area contributed by atoms with Gasteiger partial charge in [-0.05, 0) is 24.3 Å². The summed E-state index contributed by atoms with van der Waals surface area (Å²) in [7, 11) is 1.81. The molecule has 0 fully saturated rings. The summed E-state index contributed by atoms with van der Waals surface area (Å²) in [4.78, 5) is 0. The van der Waals surface area contributed by atoms with E-state index in [9.17, 15) is 0 Å². The SMILES string of the molecule is Cn1c(CO)nnc1-c1ccc(Cl)cc1. The Morgan fingerprint density at radius 2 is 1.93 bits per heavy atom. The second kappa shape index (κ2) is 4.00. The summed E-state index contributed by atoms with van der Waals surface area (Å²) in [6, 6.07) is 7.33. The molecule has 1 aromatic carbocycles. The lowest BCUT2D eigenvalue weighted by Gasteiger charge is -2.01. The van der Waals surface area contributed by atoms with Crippen LogP contribution < -0.4 is 0 Å². The Hall–Kier alpha value is -1.39. The number of hydrogen-bond acceptors (Lipinski definition) is 3. The number of aliphatic hydroxyl groups excluding tert-OH is 1. The van der Waals surface area contributed by atoms with Crippen molar-refractivity contribution < 1.29 is 5.11 Å². The fraction of sp³-hybridized carbons (Fsp3) is 0.200. The van der Waals surface area contributed by atoms with Gasteiger partial charge < -0.3 is 9.67 Å². The molecule has 0 aliphatic carbocycles. The maximum Gasteiger partial charge on any atom is 0.163 e. The number of halogens is 1. The van der Waals surface area contributed by atoms with Gasteiger partial charge in [0.2, 0.25) is 0 Å². The van der Waals surface area contributed by atoms with E-state index in [1.54, 1.807) is 16.7 Å². The predicted molar refractivity (Wildman–Crippen MR) is 57.4 cm³/mol. The Balaban J connectivity index is 2.45. The zero-order chi connectivity index (χ0) is 10.8. The Kier molecular flexibility index (Phi) is 2.70. The summed E-state index contributed by atoms with van der Waals surface area (Å²) in [5.41, 5.74) is 0.925. The number of hydrogen-bond donors (Lipinski definition) is 1. The molecule has 1 heterocycles. The van der Waals surface area contributed by atoms with Crippen molar-refractivity contribution in [2.45, 2.75) is 6.61 Å². The highest BCUT2D eigenvalue weighted by Gasteiger charge is 2.09. The molecule has 2 aromatic rings. The fourth-order valence-electron chi connectivity index (χ4n) is 1.35. The summed E-state index contributed by atoms with van der Waals surface area (Å²) in [6.07, 6.45) is 0. The van der Waals surface area contributed by atoms with Crippen molar-refractivity contribution in [1.29, 1.82) is 0 Å². The summed E-state index contributed by atoms with van der Waals surface area (Å²) in [6.45, 7) is -0.114. The highest BCUT2D eigenvalue weighted by atomic mass is 35.5. The maximum atomic E-state index is 8.98. The molecule has 15 heavy (non-hydrogen) atoms. The van der Waals surface area contributed by atoms with Crippen LogP contribution in [0.1, 0.15) is 5.82 Å². The molecule has 0 spiro atoms. The van der Waals surface area contributed by atoms with Crippen molar-refractivity contribution in [2.75, 3.05) is 0 Å². The van der Waals surface area contributed by atoms with Crippen LogP contribution in [-0.2, 0) is 13.7 Å². The van der Waals surface area contributed by atoms with Gasteiger partial charge in [0.15, 0.2) is 11.6 Å². The van der Waals surface area contributed by atoms with Gasteiger partial charge in [-0.25, -0.2) is 0 Å². The number of nitrogens with zero attached hydrogens (tertiary/aromatic N) is 3. The van der Waals surface area contributed by atoms with Crippen molar-refractivity contribution in [1.82, 2.24) is 14.8 Å². The molecule has 1 aromatic heterocycles. The first-order valence-corrected chi connectivity index (χ1v) is 4.85. The van der Waals surface area contributed by atoms with Crippen molar-refractivity contribution in [3.05, 3.63) is 35.1 Å². The van der Waals surface area contributed by atoms with Gasteiger partial charge in [0, 0.05) is 17.6 Å². The first-order chi connectivity index (χ1) is 7.22. The van der Waals surface area contributed by atoms with E-state index in [0.29, 0.717) is 10.8 Å². The van der Waals surface area contributed by atoms with Gasteiger partial charge in [-0.1, -0.05) is 11.6 Å². The minimum absolute atomic E-state index is 0.114. The van der Waals surface area contributed by atoms with Crippen LogP contribution in [0.4, 0.5) is 0 Å². The molecule has 0 saturated carbocycles. The smallest absolute Gasteiger partial charge is 0.163 e. The zero-order valence-corrected chi connectivity index (χ0v) is 8.94. The highest BCUT2D eigenvalue weighted by Crippen LogP contribution is 2.19. The van der Waals surface area contributed by atoms with Gasteiger partial charge in [-0.15, -0.1) is 10.2 Å². The molecule has 78 valence electrons. The maximum absolute atomic E-state index is 8.98. The second-order valence-corrected chi connectivity index (χ2v) is 3.60. The van der Waals surface area contributed by atoms with E-state index in [2.05, 4.69) is 10.2 Å². The molecular weight excluding hydrogens is 214 g/mol. The molecule has 2 rings (SSSR count). The normalized spacial score (nSPS) is 10.6. The van der Waals surface area contributed by atoms with E-state index < -0.39 is 0 Å². The molecule has 0 radical (unpaired) electrons. The summed E-state index contributed by atoms with van der Waals surface area (Å²) in [5.74, 6) is 1.26. The van der Waals surface area contributed by atoms with Crippen molar-refractivity contribution in [3.8, 4) is 11.4 Å². The minimum Gasteiger partial charge on any atom is -0.388 e. The van der Waals surface area contributed by atoms with Crippen LogP contribution in [0.5, 0.6) is 0 Å². The molecule has 0 aliphatic rings. The van der Waals surface area contributed by atoms with Gasteiger partial charge in [0.1, 0.15) is 6.61 Å². The van der Waals surface area contributed by atoms with Crippen molar-refractivity contribution in [2.24, 2.45) is 7.05 Å². The molecule has 0 saturated heterocycles. The van der Waals surface area contributed by atoms with Gasteiger partial charge in [-0.3, -0.25) is 0 Å². The Bertz CT molecular complexity index is 464. The summed E-state index contributed by atoms with van der Waals surface area (Å²) < 4.78 is 1.75. The van der Waals surface area contributed by atoms with E-state index in [0.717, 1.165) is 11.4 Å². The Morgan fingerprint density at radius 3 is 2.47 bits per heavy atom. The number of aromatic nitrogens is 3. The molecule has 5 heteroatoms. The Labute approximate surface area is 92.1 Å². The average molecular weight is 224 g/mol. The Morgan fingerprint density at radius 1 is 1.27 bits per heavy atom. The lowest BCUT2D eigenvalue weighted by Crippen LogP contribution is -1.98. The van der Waals surface area contributed by atoms with Gasteiger partial charge in [0.05, 0.1) is 0 Å². The van der Waals surface area contributed by atoms with Crippen molar-refractivity contribution in [3.63, 3.8) is 0 Å². The van der Waals surface area contributed by atoms with Gasteiger partial charge >= 0.3 is 0 Å². The number of rotatable bonds is 2. The first-order valence-electron chi connectivity index (χ1n) is 4.47. The number of benzene rings is 1. The first kappa shape index (κ1) is 10.1. The quantitative estimate of drug-likeness (QED) is 0.842. The minimum atomic E-state index is -0.114. The zero-order valence-electron chi connectivity index (χ0n) is 8.18. The van der Waals surface area contributed by atoms with Crippen LogP contribution in [0.25, 0.3) is 11.4 Å². The van der Waals surface area contributed by atoms with E-state index in [4.69, 9.17) is 16.7 Å². The van der Waals surface area contributed by atoms with Crippen LogP contribution in [0, 0.1) is 0 Å². The average Bonchev–Trinajstić information content (AvgIpc) is 2.61. The van der Waals surface area contributed by atoms with E-state index in [1.165, 1.54) is 0 Å². The molecule has 0 aliphatic heterocycles. The second-order valence-electron chi connectivity index (χ2n) is 3.16. The number of aliphatic hydroxyl groups is 1. The third-order valence-corrected chi connectivity index (χ3v) is 2.46. The fourth-order valence-corrected chi connectivity index (χ4v) is 1.48. The standard InChI is InChI=1S/C10H10ClN3O/c1-14-9(6-15)12-13-10(14)7-2-4-8(11)5-3-7/h2-5,15H,6H2,1H3. The molecule has 0 unspecified atom stereocenters. The lowest BCUT2D eigenvalue weighted by molar-refractivity contribution is 0.267. The van der Waals surface area contributed by atoms with Crippen LogP contribution in [-0.4, -0.2) is 19.9 Å². The van der Waals surface area contributed by atoms with Crippen LogP contribution in [0.2, 0.25) is 5.02 Å². The third kappa shape index (κ3) is 1.86. The van der Waals surface area contributed by atoms with Crippen LogP contribution in [0.3, 0.4) is 0 Å². The largest absolute Gasteiger partial charge is 0.388 e. The van der Waals surface area contributed by atoms with Gasteiger partial charge in [0.25, 0.3) is 0 Å². The lowest BCUT2D eigenvalue weighted by atomic mass is 10.2. The molecule has 4 nitrogen and oxygen atoms in total. The van der Waals surface area contributed by atoms with Crippen molar-refractivity contribution >= 4 is 11.6 Å². The van der Waals surface area contributed by atoms with Crippen LogP contribution in [0.15, 0.2) is 24.3 Å².